The summed E-state index contributed by atoms with van der Waals surface area (Å²) in [4.78, 5) is 37.2. The monoisotopic (exact) mass is 494 g/mol. The Labute approximate surface area is 196 Å². The van der Waals surface area contributed by atoms with Crippen molar-refractivity contribution < 1.29 is 27.5 Å². The van der Waals surface area contributed by atoms with Gasteiger partial charge >= 0.3 is 6.36 Å². The fourth-order valence-electron chi connectivity index (χ4n) is 3.06. The number of thioether (sulfide) groups is 1. The van der Waals surface area contributed by atoms with Gasteiger partial charge in [-0.25, -0.2) is 4.68 Å². The summed E-state index contributed by atoms with van der Waals surface area (Å²) in [6.07, 6.45) is -4.80. The van der Waals surface area contributed by atoms with Gasteiger partial charge in [0.05, 0.1) is 22.9 Å². The predicted octanol–water partition coefficient (Wildman–Crippen LogP) is 3.69. The minimum absolute atomic E-state index is 0.0732. The topological polar surface area (TPSA) is 94.4 Å². The average molecular weight is 494 g/mol. The fourth-order valence-corrected chi connectivity index (χ4v) is 3.68. The zero-order valence-electron chi connectivity index (χ0n) is 18.2. The summed E-state index contributed by atoms with van der Waals surface area (Å²) in [5.41, 5.74) is 1.29. The third-order valence-electron chi connectivity index (χ3n) is 4.66. The first-order chi connectivity index (χ1) is 16.0. The van der Waals surface area contributed by atoms with Gasteiger partial charge in [0.15, 0.2) is 0 Å². The van der Waals surface area contributed by atoms with Crippen molar-refractivity contribution in [3.8, 4) is 11.4 Å². The number of nitrogens with one attached hydrogen (secondary N) is 2. The van der Waals surface area contributed by atoms with Crippen molar-refractivity contribution >= 4 is 35.0 Å². The molecule has 1 heterocycles. The summed E-state index contributed by atoms with van der Waals surface area (Å²) in [5, 5.41) is 5.12. The predicted molar refractivity (Wildman–Crippen MR) is 123 cm³/mol. The molecule has 180 valence electrons. The molecule has 2 amide bonds. The molecule has 0 atom stereocenters. The van der Waals surface area contributed by atoms with Crippen LogP contribution in [0, 0.1) is 6.92 Å². The van der Waals surface area contributed by atoms with Gasteiger partial charge in [0.2, 0.25) is 11.8 Å². The van der Waals surface area contributed by atoms with Crippen LogP contribution in [0.2, 0.25) is 0 Å². The van der Waals surface area contributed by atoms with E-state index in [0.29, 0.717) is 11.4 Å². The number of amides is 2. The smallest absolute Gasteiger partial charge is 0.406 e. The van der Waals surface area contributed by atoms with Crippen LogP contribution in [-0.4, -0.2) is 39.0 Å². The van der Waals surface area contributed by atoms with Crippen LogP contribution in [-0.2, 0) is 16.6 Å². The van der Waals surface area contributed by atoms with Crippen LogP contribution in [0.25, 0.3) is 5.69 Å². The van der Waals surface area contributed by atoms with E-state index in [0.717, 1.165) is 23.9 Å². The van der Waals surface area contributed by atoms with E-state index in [4.69, 9.17) is 0 Å². The van der Waals surface area contributed by atoms with E-state index >= 15 is 0 Å². The van der Waals surface area contributed by atoms with Crippen molar-refractivity contribution in [1.29, 1.82) is 0 Å². The molecule has 0 bridgehead atoms. The molecule has 0 aliphatic rings. The highest BCUT2D eigenvalue weighted by Gasteiger charge is 2.31. The van der Waals surface area contributed by atoms with E-state index < -0.39 is 23.9 Å². The molecule has 2 N–H and O–H groups in total. The third kappa shape index (κ3) is 6.44. The SMILES string of the molecule is Cc1c(NC(=O)CSCC(=O)Nc2ccc(OC(F)(F)F)cc2)c(=O)n(-c2ccccc2)n1C. The molecular weight excluding hydrogens is 473 g/mol. The van der Waals surface area contributed by atoms with E-state index in [9.17, 15) is 27.6 Å². The summed E-state index contributed by atoms with van der Waals surface area (Å²) >= 11 is 1.02. The van der Waals surface area contributed by atoms with E-state index in [1.54, 1.807) is 42.9 Å². The number of ether oxygens (including phenoxy) is 1. The maximum atomic E-state index is 12.8. The van der Waals surface area contributed by atoms with E-state index in [1.807, 2.05) is 6.07 Å². The second-order valence-corrected chi connectivity index (χ2v) is 8.08. The lowest BCUT2D eigenvalue weighted by Gasteiger charge is -2.10. The molecule has 8 nitrogen and oxygen atoms in total. The number of nitrogens with zero attached hydrogens (tertiary/aromatic N) is 2. The first-order valence-electron chi connectivity index (χ1n) is 9.92. The number of alkyl halides is 3. The van der Waals surface area contributed by atoms with Crippen LogP contribution in [0.4, 0.5) is 24.5 Å². The third-order valence-corrected chi connectivity index (χ3v) is 5.59. The molecule has 1 aromatic heterocycles. The van der Waals surface area contributed by atoms with Crippen molar-refractivity contribution in [2.45, 2.75) is 13.3 Å². The van der Waals surface area contributed by atoms with Crippen molar-refractivity contribution in [3.63, 3.8) is 0 Å². The van der Waals surface area contributed by atoms with Crippen LogP contribution in [0.15, 0.2) is 59.4 Å². The highest BCUT2D eigenvalue weighted by Crippen LogP contribution is 2.24. The Balaban J connectivity index is 1.51. The fraction of sp³-hybridized carbons (Fsp3) is 0.227. The van der Waals surface area contributed by atoms with Gasteiger partial charge in [-0.3, -0.25) is 19.1 Å². The molecule has 0 saturated carbocycles. The number of para-hydroxylation sites is 1. The second kappa shape index (κ2) is 10.5. The number of anilines is 2. The molecule has 0 saturated heterocycles. The molecule has 0 aliphatic heterocycles. The standard InChI is InChI=1S/C22H21F3N4O4S/c1-14-20(21(32)29(28(14)2)16-6-4-3-5-7-16)27-19(31)13-34-12-18(30)26-15-8-10-17(11-9-15)33-22(23,24)25/h3-11H,12-13H2,1-2H3,(H,26,30)(H,27,31). The van der Waals surface area contributed by atoms with Crippen LogP contribution >= 0.6 is 11.8 Å². The number of carbonyl (C=O) groups excluding carboxylic acids is 2. The number of hydrogen-bond donors (Lipinski definition) is 2. The molecule has 34 heavy (non-hydrogen) atoms. The Morgan fingerprint density at radius 2 is 1.56 bits per heavy atom. The number of rotatable bonds is 8. The molecule has 3 rings (SSSR count). The minimum Gasteiger partial charge on any atom is -0.406 e. The molecular formula is C22H21F3N4O4S. The van der Waals surface area contributed by atoms with E-state index in [-0.39, 0.29) is 28.4 Å². The summed E-state index contributed by atoms with van der Waals surface area (Å²) in [7, 11) is 1.71. The number of aromatic nitrogens is 2. The van der Waals surface area contributed by atoms with Gasteiger partial charge in [0.25, 0.3) is 5.56 Å². The number of benzene rings is 2. The summed E-state index contributed by atoms with van der Waals surface area (Å²) in [6, 6.07) is 13.7. The highest BCUT2D eigenvalue weighted by atomic mass is 32.2. The molecule has 0 unspecified atom stereocenters. The molecule has 0 aliphatic carbocycles. The van der Waals surface area contributed by atoms with E-state index in [1.165, 1.54) is 16.8 Å². The van der Waals surface area contributed by atoms with Crippen LogP contribution in [0.3, 0.4) is 0 Å². The first-order valence-corrected chi connectivity index (χ1v) is 11.1. The van der Waals surface area contributed by atoms with Crippen molar-refractivity contribution in [2.24, 2.45) is 7.05 Å². The molecule has 0 spiro atoms. The van der Waals surface area contributed by atoms with Crippen LogP contribution < -0.4 is 20.9 Å². The van der Waals surface area contributed by atoms with Crippen molar-refractivity contribution in [1.82, 2.24) is 9.36 Å². The van der Waals surface area contributed by atoms with Gasteiger partial charge in [-0.1, -0.05) is 18.2 Å². The van der Waals surface area contributed by atoms with Crippen molar-refractivity contribution in [2.75, 3.05) is 22.1 Å². The lowest BCUT2D eigenvalue weighted by Crippen LogP contribution is -2.24. The summed E-state index contributed by atoms with van der Waals surface area (Å²) < 4.78 is 43.4. The molecule has 0 fully saturated rings. The Kier molecular flexibility index (Phi) is 7.72. The van der Waals surface area contributed by atoms with Gasteiger partial charge in [0.1, 0.15) is 11.4 Å². The maximum absolute atomic E-state index is 12.8. The lowest BCUT2D eigenvalue weighted by molar-refractivity contribution is -0.274. The number of carbonyl (C=O) groups is 2. The Morgan fingerprint density at radius 1 is 0.971 bits per heavy atom. The summed E-state index contributed by atoms with van der Waals surface area (Å²) in [6.45, 7) is 1.71. The van der Waals surface area contributed by atoms with Gasteiger partial charge in [0, 0.05) is 12.7 Å². The molecule has 2 aromatic carbocycles. The molecule has 3 aromatic rings. The van der Waals surface area contributed by atoms with Gasteiger partial charge in [-0.2, -0.15) is 0 Å². The number of halogens is 3. The first kappa shape index (κ1) is 25.0. The van der Waals surface area contributed by atoms with Crippen LogP contribution in [0.1, 0.15) is 5.69 Å². The second-order valence-electron chi connectivity index (χ2n) is 7.10. The van der Waals surface area contributed by atoms with Crippen molar-refractivity contribution in [3.05, 3.63) is 70.6 Å². The van der Waals surface area contributed by atoms with Gasteiger partial charge < -0.3 is 15.4 Å². The Bertz CT molecular complexity index is 1220. The summed E-state index contributed by atoms with van der Waals surface area (Å²) in [5.74, 6) is -1.44. The average Bonchev–Trinajstić information content (AvgIpc) is 2.98. The van der Waals surface area contributed by atoms with Crippen LogP contribution in [0.5, 0.6) is 5.75 Å². The van der Waals surface area contributed by atoms with Gasteiger partial charge in [-0.15, -0.1) is 24.9 Å². The molecule has 0 radical (unpaired) electrons. The molecule has 12 heteroatoms. The highest BCUT2D eigenvalue weighted by molar-refractivity contribution is 8.00. The largest absolute Gasteiger partial charge is 0.573 e. The normalized spacial score (nSPS) is 11.2. The zero-order chi connectivity index (χ0) is 24.9. The minimum atomic E-state index is -4.80. The quantitative estimate of drug-likeness (QED) is 0.498. The Morgan fingerprint density at radius 3 is 2.15 bits per heavy atom. The number of hydrogen-bond acceptors (Lipinski definition) is 5. The lowest BCUT2D eigenvalue weighted by atomic mass is 10.3. The zero-order valence-corrected chi connectivity index (χ0v) is 19.0. The van der Waals surface area contributed by atoms with E-state index in [2.05, 4.69) is 15.4 Å². The van der Waals surface area contributed by atoms with Gasteiger partial charge in [-0.05, 0) is 43.3 Å². The Hall–Kier alpha value is -3.67. The maximum Gasteiger partial charge on any atom is 0.573 e.